The summed E-state index contributed by atoms with van der Waals surface area (Å²) in [6.45, 7) is 3.10. The zero-order valence-electron chi connectivity index (χ0n) is 13.6. The maximum Gasteiger partial charge on any atom is 0.379 e. The van der Waals surface area contributed by atoms with Gasteiger partial charge < -0.3 is 9.47 Å². The molecule has 1 aliphatic rings. The molecule has 0 unspecified atom stereocenters. The summed E-state index contributed by atoms with van der Waals surface area (Å²) in [6, 6.07) is 4.88. The Hall–Kier alpha value is -2.17. The average molecular weight is 318 g/mol. The first-order valence-corrected chi connectivity index (χ1v) is 8.06. The number of benzene rings is 1. The minimum absolute atomic E-state index is 0.140. The van der Waals surface area contributed by atoms with E-state index in [1.807, 2.05) is 0 Å². The van der Waals surface area contributed by atoms with Crippen LogP contribution in [0, 0.1) is 0 Å². The van der Waals surface area contributed by atoms with Crippen LogP contribution in [0.1, 0.15) is 67.8 Å². The van der Waals surface area contributed by atoms with Crippen molar-refractivity contribution < 1.29 is 23.9 Å². The van der Waals surface area contributed by atoms with Crippen molar-refractivity contribution >= 4 is 17.7 Å². The topological polar surface area (TPSA) is 69.7 Å². The number of carbonyl (C=O) groups excluding carboxylic acids is 3. The fourth-order valence-electron chi connectivity index (χ4n) is 2.98. The third-order valence-corrected chi connectivity index (χ3v) is 4.04. The minimum atomic E-state index is -0.897. The highest BCUT2D eigenvalue weighted by Gasteiger charge is 2.23. The van der Waals surface area contributed by atoms with Gasteiger partial charge in [0, 0.05) is 12.5 Å². The van der Waals surface area contributed by atoms with Gasteiger partial charge in [0.1, 0.15) is 5.75 Å². The lowest BCUT2D eigenvalue weighted by molar-refractivity contribution is -0.137. The molecule has 0 radical (unpaired) electrons. The van der Waals surface area contributed by atoms with Crippen LogP contribution in [0.25, 0.3) is 0 Å². The first-order chi connectivity index (χ1) is 11.0. The van der Waals surface area contributed by atoms with Crippen molar-refractivity contribution in [2.45, 2.75) is 51.9 Å². The highest BCUT2D eigenvalue weighted by Crippen LogP contribution is 2.38. The van der Waals surface area contributed by atoms with E-state index in [0.29, 0.717) is 11.7 Å². The Morgan fingerprint density at radius 2 is 1.83 bits per heavy atom. The number of ether oxygens (including phenoxy) is 2. The number of hydrogen-bond donors (Lipinski definition) is 0. The van der Waals surface area contributed by atoms with Gasteiger partial charge in [0.25, 0.3) is 5.78 Å². The van der Waals surface area contributed by atoms with Crippen LogP contribution in [0.15, 0.2) is 18.2 Å². The lowest BCUT2D eigenvalue weighted by Gasteiger charge is -2.24. The van der Waals surface area contributed by atoms with E-state index in [0.717, 1.165) is 31.2 Å². The molecule has 0 saturated heterocycles. The summed E-state index contributed by atoms with van der Waals surface area (Å²) in [5.41, 5.74) is 1.11. The summed E-state index contributed by atoms with van der Waals surface area (Å²) in [5, 5.41) is 0. The van der Waals surface area contributed by atoms with E-state index in [-0.39, 0.29) is 12.2 Å². The van der Waals surface area contributed by atoms with Gasteiger partial charge in [-0.05, 0) is 37.3 Å². The molecule has 1 aromatic carbocycles. The second kappa shape index (κ2) is 7.90. The van der Waals surface area contributed by atoms with Gasteiger partial charge in [-0.3, -0.25) is 9.59 Å². The Bertz CT molecular complexity index is 599. The number of esters is 2. The Balaban J connectivity index is 2.31. The van der Waals surface area contributed by atoms with Crippen molar-refractivity contribution in [3.05, 3.63) is 29.3 Å². The lowest BCUT2D eigenvalue weighted by atomic mass is 9.83. The highest BCUT2D eigenvalue weighted by atomic mass is 16.5. The van der Waals surface area contributed by atoms with Crippen molar-refractivity contribution in [1.29, 1.82) is 0 Å². The summed E-state index contributed by atoms with van der Waals surface area (Å²) in [4.78, 5) is 35.0. The molecule has 1 saturated carbocycles. The summed E-state index contributed by atoms with van der Waals surface area (Å²) in [7, 11) is 0. The molecule has 0 heterocycles. The first-order valence-electron chi connectivity index (χ1n) is 8.06. The van der Waals surface area contributed by atoms with Crippen LogP contribution in [-0.4, -0.2) is 24.3 Å². The number of hydrogen-bond acceptors (Lipinski definition) is 5. The van der Waals surface area contributed by atoms with Gasteiger partial charge in [0.2, 0.25) is 0 Å². The van der Waals surface area contributed by atoms with E-state index in [4.69, 9.17) is 9.47 Å². The molecule has 5 heteroatoms. The highest BCUT2D eigenvalue weighted by molar-refractivity contribution is 6.40. The van der Waals surface area contributed by atoms with Gasteiger partial charge in [0.15, 0.2) is 0 Å². The van der Waals surface area contributed by atoms with E-state index in [1.54, 1.807) is 19.1 Å². The minimum Gasteiger partial charge on any atom is -0.460 e. The monoisotopic (exact) mass is 318 g/mol. The molecular formula is C18H22O5. The average Bonchev–Trinajstić information content (AvgIpc) is 2.54. The molecule has 0 aromatic heterocycles. The van der Waals surface area contributed by atoms with Crippen LogP contribution < -0.4 is 4.74 Å². The van der Waals surface area contributed by atoms with Crippen molar-refractivity contribution in [3.63, 3.8) is 0 Å². The van der Waals surface area contributed by atoms with Gasteiger partial charge in [-0.15, -0.1) is 0 Å². The van der Waals surface area contributed by atoms with Gasteiger partial charge in [-0.2, -0.15) is 0 Å². The van der Waals surface area contributed by atoms with E-state index >= 15 is 0 Å². The van der Waals surface area contributed by atoms with E-state index in [9.17, 15) is 14.4 Å². The van der Waals surface area contributed by atoms with Gasteiger partial charge in [-0.25, -0.2) is 4.79 Å². The Kier molecular flexibility index (Phi) is 5.90. The molecule has 0 atom stereocenters. The van der Waals surface area contributed by atoms with E-state index in [1.165, 1.54) is 19.4 Å². The van der Waals surface area contributed by atoms with Crippen molar-refractivity contribution in [2.24, 2.45) is 0 Å². The van der Waals surface area contributed by atoms with Crippen LogP contribution in [0.5, 0.6) is 5.75 Å². The molecule has 0 bridgehead atoms. The fourth-order valence-corrected chi connectivity index (χ4v) is 2.98. The summed E-state index contributed by atoms with van der Waals surface area (Å²) in [5.74, 6) is -1.37. The number of Topliss-reactive ketones (excluding diaryl/α,β-unsaturated/α-hetero) is 1. The van der Waals surface area contributed by atoms with Crippen molar-refractivity contribution in [2.75, 3.05) is 6.61 Å². The van der Waals surface area contributed by atoms with Crippen LogP contribution in [0.3, 0.4) is 0 Å². The molecule has 0 amide bonds. The number of rotatable bonds is 5. The number of carbonyl (C=O) groups is 3. The molecule has 1 fully saturated rings. The van der Waals surface area contributed by atoms with Crippen molar-refractivity contribution in [3.8, 4) is 5.75 Å². The Morgan fingerprint density at radius 3 is 2.43 bits per heavy atom. The van der Waals surface area contributed by atoms with Crippen LogP contribution in [-0.2, 0) is 14.3 Å². The van der Waals surface area contributed by atoms with Gasteiger partial charge >= 0.3 is 11.9 Å². The molecule has 2 rings (SSSR count). The van der Waals surface area contributed by atoms with Crippen LogP contribution >= 0.6 is 0 Å². The Morgan fingerprint density at radius 1 is 1.13 bits per heavy atom. The van der Waals surface area contributed by atoms with Crippen LogP contribution in [0.4, 0.5) is 0 Å². The largest absolute Gasteiger partial charge is 0.460 e. The van der Waals surface area contributed by atoms with E-state index in [2.05, 4.69) is 0 Å². The smallest absolute Gasteiger partial charge is 0.379 e. The standard InChI is InChI=1S/C18H22O5/c1-3-22-18(21)17(20)14-9-10-15(13-7-5-4-6-8-13)16(11-14)23-12(2)19/h9-11,13H,3-8H2,1-2H3. The third-order valence-electron chi connectivity index (χ3n) is 4.04. The zero-order chi connectivity index (χ0) is 16.8. The molecule has 0 spiro atoms. The predicted molar refractivity (Wildman–Crippen MR) is 84.5 cm³/mol. The van der Waals surface area contributed by atoms with Gasteiger partial charge in [0.05, 0.1) is 6.61 Å². The first kappa shape index (κ1) is 17.2. The summed E-state index contributed by atoms with van der Waals surface area (Å²) >= 11 is 0. The second-order valence-corrected chi connectivity index (χ2v) is 5.73. The predicted octanol–water partition coefficient (Wildman–Crippen LogP) is 3.41. The van der Waals surface area contributed by atoms with Crippen LogP contribution in [0.2, 0.25) is 0 Å². The molecule has 0 N–H and O–H groups in total. The fraction of sp³-hybridized carbons (Fsp3) is 0.500. The third kappa shape index (κ3) is 4.41. The Labute approximate surface area is 136 Å². The normalized spacial score (nSPS) is 15.0. The SMILES string of the molecule is CCOC(=O)C(=O)c1ccc(C2CCCCC2)c(OC(C)=O)c1. The lowest BCUT2D eigenvalue weighted by Crippen LogP contribution is -2.18. The molecule has 1 aliphatic carbocycles. The van der Waals surface area contributed by atoms with Crippen molar-refractivity contribution in [1.82, 2.24) is 0 Å². The maximum atomic E-state index is 12.0. The summed E-state index contributed by atoms with van der Waals surface area (Å²) < 4.78 is 10.0. The molecule has 0 aliphatic heterocycles. The van der Waals surface area contributed by atoms with Gasteiger partial charge in [-0.1, -0.05) is 31.4 Å². The molecule has 1 aromatic rings. The maximum absolute atomic E-state index is 12.0. The molecule has 124 valence electrons. The number of ketones is 1. The van der Waals surface area contributed by atoms with E-state index < -0.39 is 17.7 Å². The molecule has 23 heavy (non-hydrogen) atoms. The molecule has 5 nitrogen and oxygen atoms in total. The second-order valence-electron chi connectivity index (χ2n) is 5.73. The molecular weight excluding hydrogens is 296 g/mol. The summed E-state index contributed by atoms with van der Waals surface area (Å²) in [6.07, 6.45) is 5.60. The quantitative estimate of drug-likeness (QED) is 0.360. The zero-order valence-corrected chi connectivity index (χ0v) is 13.6.